The molecule has 0 aliphatic carbocycles. The van der Waals surface area contributed by atoms with Gasteiger partial charge in [0, 0.05) is 19.7 Å². The lowest BCUT2D eigenvalue weighted by molar-refractivity contribution is 0.475. The monoisotopic (exact) mass is 336 g/mol. The van der Waals surface area contributed by atoms with Crippen LogP contribution in [0, 0.1) is 0 Å². The van der Waals surface area contributed by atoms with Crippen molar-refractivity contribution in [1.82, 2.24) is 14.8 Å². The van der Waals surface area contributed by atoms with Gasteiger partial charge in [-0.05, 0) is 42.7 Å². The second-order valence-electron chi connectivity index (χ2n) is 6.37. The first-order chi connectivity index (χ1) is 12.1. The van der Waals surface area contributed by atoms with Gasteiger partial charge in [-0.25, -0.2) is 0 Å². The van der Waals surface area contributed by atoms with E-state index in [1.54, 1.807) is 12.1 Å². The molecule has 25 heavy (non-hydrogen) atoms. The first-order valence-corrected chi connectivity index (χ1v) is 8.61. The van der Waals surface area contributed by atoms with Crippen LogP contribution < -0.4 is 4.90 Å². The van der Waals surface area contributed by atoms with E-state index < -0.39 is 0 Å². The molecular formula is C20H24N4O. The van der Waals surface area contributed by atoms with Gasteiger partial charge in [0.2, 0.25) is 5.95 Å². The zero-order valence-electron chi connectivity index (χ0n) is 15.0. The van der Waals surface area contributed by atoms with Gasteiger partial charge in [0.05, 0.1) is 5.69 Å². The summed E-state index contributed by atoms with van der Waals surface area (Å²) in [6.45, 7) is 2.20. The number of hydrogen-bond acceptors (Lipinski definition) is 4. The summed E-state index contributed by atoms with van der Waals surface area (Å²) in [5.41, 5.74) is 3.17. The number of anilines is 1. The highest BCUT2D eigenvalue weighted by Gasteiger charge is 2.17. The minimum atomic E-state index is 0.216. The maximum Gasteiger partial charge on any atom is 0.231 e. The van der Waals surface area contributed by atoms with Gasteiger partial charge >= 0.3 is 0 Å². The zero-order chi connectivity index (χ0) is 17.8. The Bertz CT molecular complexity index is 837. The van der Waals surface area contributed by atoms with Gasteiger partial charge in [0.1, 0.15) is 5.75 Å². The summed E-state index contributed by atoms with van der Waals surface area (Å²) in [5.74, 6) is 1.67. The van der Waals surface area contributed by atoms with Crippen LogP contribution in [0.15, 0.2) is 48.5 Å². The molecule has 1 N–H and O–H groups in total. The van der Waals surface area contributed by atoms with Crippen LogP contribution >= 0.6 is 0 Å². The molecule has 1 aromatic heterocycles. The number of aromatic hydroxyl groups is 1. The van der Waals surface area contributed by atoms with Gasteiger partial charge in [-0.15, -0.1) is 10.2 Å². The van der Waals surface area contributed by atoms with Crippen LogP contribution in [0.2, 0.25) is 0 Å². The number of nitrogens with zero attached hydrogens (tertiary/aromatic N) is 4. The van der Waals surface area contributed by atoms with Crippen LogP contribution in [-0.2, 0) is 6.42 Å². The molecule has 0 bridgehead atoms. The Morgan fingerprint density at radius 2 is 1.80 bits per heavy atom. The minimum absolute atomic E-state index is 0.216. The van der Waals surface area contributed by atoms with E-state index in [9.17, 15) is 5.11 Å². The Morgan fingerprint density at radius 1 is 1.04 bits per heavy atom. The molecule has 130 valence electrons. The Hall–Kier alpha value is -2.82. The van der Waals surface area contributed by atoms with E-state index in [0.29, 0.717) is 5.82 Å². The maximum absolute atomic E-state index is 9.80. The fourth-order valence-corrected chi connectivity index (χ4v) is 2.83. The highest BCUT2D eigenvalue weighted by atomic mass is 16.3. The van der Waals surface area contributed by atoms with Gasteiger partial charge in [0.25, 0.3) is 0 Å². The van der Waals surface area contributed by atoms with Crippen LogP contribution in [0.4, 0.5) is 5.95 Å². The van der Waals surface area contributed by atoms with Crippen molar-refractivity contribution in [3.63, 3.8) is 0 Å². The lowest BCUT2D eigenvalue weighted by atomic mass is 10.1. The van der Waals surface area contributed by atoms with Crippen molar-refractivity contribution in [2.75, 3.05) is 19.0 Å². The minimum Gasteiger partial charge on any atom is -0.508 e. The molecule has 0 amide bonds. The van der Waals surface area contributed by atoms with Crippen molar-refractivity contribution < 1.29 is 5.11 Å². The number of rotatable bonds is 6. The largest absolute Gasteiger partial charge is 0.508 e. The second-order valence-corrected chi connectivity index (χ2v) is 6.37. The van der Waals surface area contributed by atoms with Crippen LogP contribution in [0.3, 0.4) is 0 Å². The van der Waals surface area contributed by atoms with Crippen molar-refractivity contribution in [2.45, 2.75) is 26.2 Å². The molecule has 0 atom stereocenters. The summed E-state index contributed by atoms with van der Waals surface area (Å²) in [5, 5.41) is 18.5. The molecular weight excluding hydrogens is 312 g/mol. The van der Waals surface area contributed by atoms with E-state index in [-0.39, 0.29) is 5.75 Å². The Labute approximate surface area is 148 Å². The molecule has 0 fully saturated rings. The molecule has 0 saturated carbocycles. The number of benzene rings is 2. The van der Waals surface area contributed by atoms with E-state index in [1.807, 2.05) is 35.7 Å². The predicted octanol–water partition coefficient (Wildman–Crippen LogP) is 4.05. The lowest BCUT2D eigenvalue weighted by Crippen LogP contribution is -2.15. The number of aryl methyl sites for hydroxylation is 1. The fraction of sp³-hybridized carbons (Fsp3) is 0.300. The van der Waals surface area contributed by atoms with E-state index in [4.69, 9.17) is 0 Å². The van der Waals surface area contributed by atoms with Crippen molar-refractivity contribution in [3.8, 4) is 22.8 Å². The Balaban J connectivity index is 2.06. The van der Waals surface area contributed by atoms with Gasteiger partial charge in [-0.1, -0.05) is 37.6 Å². The van der Waals surface area contributed by atoms with Crippen LogP contribution in [-0.4, -0.2) is 34.0 Å². The number of aromatic nitrogens is 3. The first-order valence-electron chi connectivity index (χ1n) is 8.61. The quantitative estimate of drug-likeness (QED) is 0.738. The molecule has 0 aliphatic heterocycles. The van der Waals surface area contributed by atoms with Crippen molar-refractivity contribution >= 4 is 5.95 Å². The van der Waals surface area contributed by atoms with Gasteiger partial charge < -0.3 is 10.0 Å². The molecule has 0 spiro atoms. The summed E-state index contributed by atoms with van der Waals surface area (Å²) < 4.78 is 2.01. The second kappa shape index (κ2) is 7.38. The highest BCUT2D eigenvalue weighted by molar-refractivity contribution is 5.63. The SMILES string of the molecule is CCCCc1ccc(-n2c(-c3cccc(O)c3)nnc2N(C)C)cc1. The molecule has 0 aliphatic rings. The Kier molecular flexibility index (Phi) is 5.03. The highest BCUT2D eigenvalue weighted by Crippen LogP contribution is 2.28. The fourth-order valence-electron chi connectivity index (χ4n) is 2.83. The summed E-state index contributed by atoms with van der Waals surface area (Å²) in [7, 11) is 3.89. The van der Waals surface area contributed by atoms with Crippen LogP contribution in [0.5, 0.6) is 5.75 Å². The van der Waals surface area contributed by atoms with E-state index in [1.165, 1.54) is 18.4 Å². The predicted molar refractivity (Wildman–Crippen MR) is 101 cm³/mol. The smallest absolute Gasteiger partial charge is 0.231 e. The molecule has 2 aromatic carbocycles. The van der Waals surface area contributed by atoms with E-state index in [2.05, 4.69) is 41.4 Å². The third kappa shape index (κ3) is 3.65. The summed E-state index contributed by atoms with van der Waals surface area (Å²) >= 11 is 0. The van der Waals surface area contributed by atoms with Crippen molar-refractivity contribution in [3.05, 3.63) is 54.1 Å². The molecule has 1 heterocycles. The third-order valence-corrected chi connectivity index (χ3v) is 4.16. The lowest BCUT2D eigenvalue weighted by Gasteiger charge is -2.16. The third-order valence-electron chi connectivity index (χ3n) is 4.16. The van der Waals surface area contributed by atoms with Crippen molar-refractivity contribution in [2.24, 2.45) is 0 Å². The molecule has 3 rings (SSSR count). The van der Waals surface area contributed by atoms with Crippen LogP contribution in [0.25, 0.3) is 17.1 Å². The van der Waals surface area contributed by atoms with E-state index in [0.717, 1.165) is 23.6 Å². The van der Waals surface area contributed by atoms with Gasteiger partial charge in [-0.3, -0.25) is 4.57 Å². The number of hydrogen-bond donors (Lipinski definition) is 1. The zero-order valence-corrected chi connectivity index (χ0v) is 15.0. The molecule has 0 radical (unpaired) electrons. The first kappa shape index (κ1) is 17.0. The topological polar surface area (TPSA) is 54.2 Å². The molecule has 0 unspecified atom stereocenters. The molecule has 3 aromatic rings. The number of phenolic OH excluding ortho intramolecular Hbond substituents is 1. The van der Waals surface area contributed by atoms with E-state index >= 15 is 0 Å². The summed E-state index contributed by atoms with van der Waals surface area (Å²) in [6.07, 6.45) is 3.49. The standard InChI is InChI=1S/C20H24N4O/c1-4-5-7-15-10-12-17(13-11-15)24-19(21-22-20(24)23(2)3)16-8-6-9-18(25)14-16/h6,8-14,25H,4-5,7H2,1-3H3. The molecule has 5 heteroatoms. The van der Waals surface area contributed by atoms with Gasteiger partial charge in [-0.2, -0.15) is 0 Å². The average molecular weight is 336 g/mol. The van der Waals surface area contributed by atoms with Crippen molar-refractivity contribution in [1.29, 1.82) is 0 Å². The normalized spacial score (nSPS) is 10.8. The summed E-state index contributed by atoms with van der Waals surface area (Å²) in [6, 6.07) is 15.6. The Morgan fingerprint density at radius 3 is 2.44 bits per heavy atom. The van der Waals surface area contributed by atoms with Gasteiger partial charge in [0.15, 0.2) is 5.82 Å². The average Bonchev–Trinajstić information content (AvgIpc) is 3.06. The molecule has 5 nitrogen and oxygen atoms in total. The maximum atomic E-state index is 9.80. The number of unbranched alkanes of at least 4 members (excludes halogenated alkanes) is 1. The number of phenols is 1. The van der Waals surface area contributed by atoms with Crippen LogP contribution in [0.1, 0.15) is 25.3 Å². The summed E-state index contributed by atoms with van der Waals surface area (Å²) in [4.78, 5) is 1.93. The molecule has 0 saturated heterocycles.